The van der Waals surface area contributed by atoms with Gasteiger partial charge in [-0.15, -0.1) is 0 Å². The minimum Gasteiger partial charge on any atom is -0.443 e. The first-order chi connectivity index (χ1) is 7.42. The van der Waals surface area contributed by atoms with E-state index in [1.165, 1.54) is 10.9 Å². The number of hydrogen-bond acceptors (Lipinski definition) is 4. The van der Waals surface area contributed by atoms with E-state index in [2.05, 4.69) is 4.98 Å². The quantitative estimate of drug-likeness (QED) is 0.734. The zero-order valence-corrected chi connectivity index (χ0v) is 9.77. The van der Waals surface area contributed by atoms with Gasteiger partial charge in [0.25, 0.3) is 0 Å². The molecule has 0 amide bonds. The Balaban J connectivity index is 2.63. The molecular weight excluding hydrogens is 208 g/mol. The van der Waals surface area contributed by atoms with Gasteiger partial charge in [-0.2, -0.15) is 0 Å². The summed E-state index contributed by atoms with van der Waals surface area (Å²) in [5.41, 5.74) is 0.183. The molecule has 0 aliphatic rings. The fraction of sp³-hybridized carbons (Fsp3) is 0.545. The van der Waals surface area contributed by atoms with Crippen molar-refractivity contribution in [2.24, 2.45) is 0 Å². The van der Waals surface area contributed by atoms with E-state index in [-0.39, 0.29) is 0 Å². The maximum atomic E-state index is 11.6. The number of aromatic nitrogens is 2. The van der Waals surface area contributed by atoms with Crippen molar-refractivity contribution in [3.63, 3.8) is 0 Å². The van der Waals surface area contributed by atoms with Gasteiger partial charge in [-0.05, 0) is 27.2 Å². The van der Waals surface area contributed by atoms with Crippen LogP contribution in [0.1, 0.15) is 32.9 Å². The van der Waals surface area contributed by atoms with Crippen LogP contribution in [0.2, 0.25) is 0 Å². The van der Waals surface area contributed by atoms with Gasteiger partial charge in [-0.3, -0.25) is 0 Å². The summed E-state index contributed by atoms with van der Waals surface area (Å²) in [5.74, 6) is 0. The summed E-state index contributed by atoms with van der Waals surface area (Å²) in [6, 6.07) is 0. The maximum absolute atomic E-state index is 11.6. The molecule has 1 rings (SSSR count). The van der Waals surface area contributed by atoms with Crippen LogP contribution in [-0.4, -0.2) is 27.5 Å². The van der Waals surface area contributed by atoms with Gasteiger partial charge in [0.15, 0.2) is 0 Å². The molecule has 16 heavy (non-hydrogen) atoms. The highest BCUT2D eigenvalue weighted by Crippen LogP contribution is 2.09. The largest absolute Gasteiger partial charge is 0.443 e. The van der Waals surface area contributed by atoms with E-state index < -0.39 is 11.7 Å². The molecule has 0 atom stereocenters. The second kappa shape index (κ2) is 4.92. The third-order valence-corrected chi connectivity index (χ3v) is 1.76. The summed E-state index contributed by atoms with van der Waals surface area (Å²) in [6.07, 6.45) is 4.29. The molecule has 0 N–H and O–H groups in total. The molecule has 0 aliphatic carbocycles. The Morgan fingerprint density at radius 1 is 1.56 bits per heavy atom. The zero-order chi connectivity index (χ0) is 12.2. The highest BCUT2D eigenvalue weighted by Gasteiger charge is 2.17. The van der Waals surface area contributed by atoms with E-state index in [9.17, 15) is 9.59 Å². The Hall–Kier alpha value is -1.65. The summed E-state index contributed by atoms with van der Waals surface area (Å²) in [7, 11) is 0. The van der Waals surface area contributed by atoms with Crippen molar-refractivity contribution in [3.05, 3.63) is 18.2 Å². The molecule has 0 saturated carbocycles. The van der Waals surface area contributed by atoms with Crippen LogP contribution in [0.15, 0.2) is 12.5 Å². The fourth-order valence-corrected chi connectivity index (χ4v) is 1.11. The molecule has 1 aromatic rings. The van der Waals surface area contributed by atoms with Gasteiger partial charge in [0.1, 0.15) is 18.2 Å². The van der Waals surface area contributed by atoms with Crippen molar-refractivity contribution in [1.29, 1.82) is 0 Å². The average Bonchev–Trinajstić information content (AvgIpc) is 2.60. The highest BCUT2D eigenvalue weighted by atomic mass is 16.6. The van der Waals surface area contributed by atoms with Crippen molar-refractivity contribution in [2.75, 3.05) is 0 Å². The number of aryl methyl sites for hydroxylation is 1. The predicted molar refractivity (Wildman–Crippen MR) is 58.2 cm³/mol. The summed E-state index contributed by atoms with van der Waals surface area (Å²) < 4.78 is 6.44. The number of carbonyl (C=O) groups excluding carboxylic acids is 2. The molecule has 0 aromatic carbocycles. The number of imidazole rings is 1. The molecule has 0 spiro atoms. The molecule has 1 aromatic heterocycles. The minimum atomic E-state index is -0.523. The van der Waals surface area contributed by atoms with Gasteiger partial charge in [0, 0.05) is 12.6 Å². The molecule has 5 heteroatoms. The van der Waals surface area contributed by atoms with Crippen LogP contribution in [0.25, 0.3) is 0 Å². The van der Waals surface area contributed by atoms with Crippen LogP contribution in [0.4, 0.5) is 4.79 Å². The second-order valence-corrected chi connectivity index (χ2v) is 4.46. The van der Waals surface area contributed by atoms with Crippen molar-refractivity contribution in [2.45, 2.75) is 39.2 Å². The van der Waals surface area contributed by atoms with E-state index in [1.807, 2.05) is 0 Å². The van der Waals surface area contributed by atoms with Crippen LogP contribution < -0.4 is 0 Å². The third-order valence-electron chi connectivity index (χ3n) is 1.76. The lowest BCUT2D eigenvalue weighted by Crippen LogP contribution is -2.26. The first-order valence-electron chi connectivity index (χ1n) is 5.12. The molecule has 0 saturated heterocycles. The number of hydrogen-bond donors (Lipinski definition) is 0. The minimum absolute atomic E-state index is 0.408. The van der Waals surface area contributed by atoms with Gasteiger partial charge < -0.3 is 9.53 Å². The second-order valence-electron chi connectivity index (χ2n) is 4.46. The predicted octanol–water partition coefficient (Wildman–Crippen LogP) is 1.80. The van der Waals surface area contributed by atoms with Crippen LogP contribution in [-0.2, 0) is 16.0 Å². The number of carbonyl (C=O) groups is 2. The van der Waals surface area contributed by atoms with Crippen molar-refractivity contribution in [1.82, 2.24) is 9.55 Å². The summed E-state index contributed by atoms with van der Waals surface area (Å²) in [6.45, 7) is 5.40. The van der Waals surface area contributed by atoms with Gasteiger partial charge in [0.05, 0.1) is 5.69 Å². The Labute approximate surface area is 94.4 Å². The van der Waals surface area contributed by atoms with E-state index in [1.54, 1.807) is 27.0 Å². The Kier molecular flexibility index (Phi) is 3.82. The molecule has 88 valence electrons. The summed E-state index contributed by atoms with van der Waals surface area (Å²) >= 11 is 0. The molecule has 0 bridgehead atoms. The number of ether oxygens (including phenoxy) is 1. The molecule has 0 fully saturated rings. The SMILES string of the molecule is CC(C)(C)OC(=O)n1cnc(CCC=O)c1. The Morgan fingerprint density at radius 3 is 2.81 bits per heavy atom. The lowest BCUT2D eigenvalue weighted by atomic mass is 10.2. The standard InChI is InChI=1S/C11H16N2O3/c1-11(2,3)16-10(15)13-7-9(12-8-13)5-4-6-14/h6-8H,4-5H2,1-3H3. The topological polar surface area (TPSA) is 61.2 Å². The van der Waals surface area contributed by atoms with E-state index in [4.69, 9.17) is 4.74 Å². The summed E-state index contributed by atoms with van der Waals surface area (Å²) in [5, 5.41) is 0. The fourth-order valence-electron chi connectivity index (χ4n) is 1.11. The number of aldehydes is 1. The maximum Gasteiger partial charge on any atom is 0.419 e. The van der Waals surface area contributed by atoms with E-state index in [0.717, 1.165) is 6.29 Å². The molecule has 0 aliphatic heterocycles. The zero-order valence-electron chi connectivity index (χ0n) is 9.77. The monoisotopic (exact) mass is 224 g/mol. The van der Waals surface area contributed by atoms with E-state index >= 15 is 0 Å². The van der Waals surface area contributed by atoms with Crippen molar-refractivity contribution < 1.29 is 14.3 Å². The number of rotatable bonds is 3. The third kappa shape index (κ3) is 3.84. The highest BCUT2D eigenvalue weighted by molar-refractivity contribution is 5.70. The van der Waals surface area contributed by atoms with Gasteiger partial charge in [-0.1, -0.05) is 0 Å². The Morgan fingerprint density at radius 2 is 2.25 bits per heavy atom. The average molecular weight is 224 g/mol. The van der Waals surface area contributed by atoms with Gasteiger partial charge >= 0.3 is 6.09 Å². The molecule has 0 radical (unpaired) electrons. The van der Waals surface area contributed by atoms with Gasteiger partial charge in [0.2, 0.25) is 0 Å². The Bertz CT molecular complexity index is 377. The van der Waals surface area contributed by atoms with Crippen LogP contribution in [0.5, 0.6) is 0 Å². The lowest BCUT2D eigenvalue weighted by Gasteiger charge is -2.19. The number of nitrogens with zero attached hydrogens (tertiary/aromatic N) is 2. The molecule has 0 unspecified atom stereocenters. The van der Waals surface area contributed by atoms with Crippen LogP contribution in [0, 0.1) is 0 Å². The van der Waals surface area contributed by atoms with Crippen molar-refractivity contribution in [3.8, 4) is 0 Å². The van der Waals surface area contributed by atoms with E-state index in [0.29, 0.717) is 18.5 Å². The van der Waals surface area contributed by atoms with Gasteiger partial charge in [-0.25, -0.2) is 14.3 Å². The lowest BCUT2D eigenvalue weighted by molar-refractivity contribution is -0.107. The first-order valence-corrected chi connectivity index (χ1v) is 5.12. The van der Waals surface area contributed by atoms with Crippen molar-refractivity contribution >= 4 is 12.4 Å². The normalized spacial score (nSPS) is 11.2. The molecule has 1 heterocycles. The van der Waals surface area contributed by atoms with Crippen LogP contribution >= 0.6 is 0 Å². The summed E-state index contributed by atoms with van der Waals surface area (Å²) in [4.78, 5) is 25.8. The van der Waals surface area contributed by atoms with Crippen LogP contribution in [0.3, 0.4) is 0 Å². The molecular formula is C11H16N2O3. The molecule has 5 nitrogen and oxygen atoms in total. The smallest absolute Gasteiger partial charge is 0.419 e. The first kappa shape index (κ1) is 12.4.